The highest BCUT2D eigenvalue weighted by Crippen LogP contribution is 1.92. The SMILES string of the molecule is NC(=O)CC[C@H](N)C(=O)O.O=CC(=O)O. The Kier molecular flexibility index (Phi) is 8.92. The normalized spacial score (nSPS) is 10.5. The third-order valence-corrected chi connectivity index (χ3v) is 1.12. The van der Waals surface area contributed by atoms with E-state index in [0.29, 0.717) is 0 Å². The van der Waals surface area contributed by atoms with Gasteiger partial charge in [-0.2, -0.15) is 0 Å². The van der Waals surface area contributed by atoms with Gasteiger partial charge in [0.15, 0.2) is 0 Å². The van der Waals surface area contributed by atoms with Crippen LogP contribution in [0.25, 0.3) is 0 Å². The molecule has 0 aromatic carbocycles. The van der Waals surface area contributed by atoms with Crippen LogP contribution in [0.1, 0.15) is 12.8 Å². The molecule has 0 aromatic heterocycles. The summed E-state index contributed by atoms with van der Waals surface area (Å²) in [5, 5.41) is 15.6. The second kappa shape index (κ2) is 8.63. The van der Waals surface area contributed by atoms with Crippen molar-refractivity contribution in [3.05, 3.63) is 0 Å². The fourth-order valence-corrected chi connectivity index (χ4v) is 0.421. The minimum Gasteiger partial charge on any atom is -0.480 e. The highest BCUT2D eigenvalue weighted by Gasteiger charge is 2.11. The fourth-order valence-electron chi connectivity index (χ4n) is 0.421. The van der Waals surface area contributed by atoms with Gasteiger partial charge < -0.3 is 21.7 Å². The van der Waals surface area contributed by atoms with Crippen LogP contribution in [0.3, 0.4) is 0 Å². The number of rotatable bonds is 5. The van der Waals surface area contributed by atoms with Gasteiger partial charge in [-0.3, -0.25) is 14.4 Å². The molecule has 0 aliphatic carbocycles. The summed E-state index contributed by atoms with van der Waals surface area (Å²) in [5.74, 6) is -3.07. The summed E-state index contributed by atoms with van der Waals surface area (Å²) in [4.78, 5) is 38.0. The lowest BCUT2D eigenvalue weighted by Gasteiger charge is -2.01. The first-order chi connectivity index (χ1) is 6.81. The van der Waals surface area contributed by atoms with Gasteiger partial charge in [0.25, 0.3) is 0 Å². The largest absolute Gasteiger partial charge is 0.480 e. The number of amides is 1. The van der Waals surface area contributed by atoms with E-state index in [2.05, 4.69) is 0 Å². The van der Waals surface area contributed by atoms with E-state index in [9.17, 15) is 9.59 Å². The van der Waals surface area contributed by atoms with E-state index in [0.717, 1.165) is 0 Å². The maximum atomic E-state index is 10.1. The maximum absolute atomic E-state index is 10.1. The Bertz CT molecular complexity index is 252. The predicted octanol–water partition coefficient (Wildman–Crippen LogP) is -2.07. The fraction of sp³-hybridized carbons (Fsp3) is 0.429. The lowest BCUT2D eigenvalue weighted by atomic mass is 10.2. The van der Waals surface area contributed by atoms with E-state index in [-0.39, 0.29) is 19.1 Å². The Balaban J connectivity index is 0. The van der Waals surface area contributed by atoms with Crippen molar-refractivity contribution in [3.8, 4) is 0 Å². The van der Waals surface area contributed by atoms with E-state index in [1.165, 1.54) is 0 Å². The first-order valence-corrected chi connectivity index (χ1v) is 3.76. The molecule has 0 fully saturated rings. The van der Waals surface area contributed by atoms with Crippen molar-refractivity contribution in [1.82, 2.24) is 0 Å². The van der Waals surface area contributed by atoms with Gasteiger partial charge in [0.2, 0.25) is 12.2 Å². The van der Waals surface area contributed by atoms with Gasteiger partial charge in [-0.1, -0.05) is 0 Å². The highest BCUT2D eigenvalue weighted by molar-refractivity contribution is 6.19. The third kappa shape index (κ3) is 14.9. The summed E-state index contributed by atoms with van der Waals surface area (Å²) >= 11 is 0. The van der Waals surface area contributed by atoms with Crippen LogP contribution in [0.15, 0.2) is 0 Å². The van der Waals surface area contributed by atoms with Crippen LogP contribution >= 0.6 is 0 Å². The van der Waals surface area contributed by atoms with E-state index in [4.69, 9.17) is 31.3 Å². The first-order valence-electron chi connectivity index (χ1n) is 3.76. The van der Waals surface area contributed by atoms with E-state index in [1.807, 2.05) is 0 Å². The Morgan fingerprint density at radius 3 is 1.87 bits per heavy atom. The smallest absolute Gasteiger partial charge is 0.368 e. The summed E-state index contributed by atoms with van der Waals surface area (Å²) in [6.45, 7) is 0. The zero-order chi connectivity index (χ0) is 12.4. The topological polar surface area (TPSA) is 161 Å². The molecule has 0 saturated heterocycles. The summed E-state index contributed by atoms with van der Waals surface area (Å²) in [6.07, 6.45) is -0.0435. The van der Waals surface area contributed by atoms with Crippen LogP contribution in [-0.2, 0) is 19.2 Å². The van der Waals surface area contributed by atoms with Crippen molar-refractivity contribution in [2.45, 2.75) is 18.9 Å². The number of aliphatic carboxylic acids is 2. The number of carbonyl (C=O) groups is 4. The molecule has 15 heavy (non-hydrogen) atoms. The molecule has 0 unspecified atom stereocenters. The molecule has 0 spiro atoms. The van der Waals surface area contributed by atoms with Gasteiger partial charge in [-0.25, -0.2) is 4.79 Å². The number of carbonyl (C=O) groups excluding carboxylic acids is 2. The molecule has 6 N–H and O–H groups in total. The van der Waals surface area contributed by atoms with E-state index >= 15 is 0 Å². The number of hydrogen-bond acceptors (Lipinski definition) is 5. The summed E-state index contributed by atoms with van der Waals surface area (Å²) in [5.41, 5.74) is 9.81. The van der Waals surface area contributed by atoms with Crippen LogP contribution in [0.5, 0.6) is 0 Å². The Morgan fingerprint density at radius 1 is 1.27 bits per heavy atom. The molecule has 0 aliphatic heterocycles. The molecule has 86 valence electrons. The molecule has 0 heterocycles. The first kappa shape index (κ1) is 15.5. The zero-order valence-corrected chi connectivity index (χ0v) is 7.75. The molecular formula is C7H12N2O6. The second-order valence-corrected chi connectivity index (χ2v) is 2.41. The van der Waals surface area contributed by atoms with Crippen molar-refractivity contribution >= 4 is 24.1 Å². The van der Waals surface area contributed by atoms with Crippen molar-refractivity contribution in [3.63, 3.8) is 0 Å². The standard InChI is InChI=1S/C5H10N2O3.C2H2O3/c6-3(5(9)10)1-2-4(7)8;3-1-2(4)5/h3H,1-2,6H2,(H2,7,8)(H,9,10);1H,(H,4,5)/t3-;/m0./s1. The van der Waals surface area contributed by atoms with E-state index < -0.39 is 23.9 Å². The van der Waals surface area contributed by atoms with Crippen LogP contribution < -0.4 is 11.5 Å². The Labute approximate surface area is 84.8 Å². The lowest BCUT2D eigenvalue weighted by Crippen LogP contribution is -2.31. The highest BCUT2D eigenvalue weighted by atomic mass is 16.4. The molecule has 8 nitrogen and oxygen atoms in total. The Hall–Kier alpha value is -1.96. The number of carboxylic acids is 2. The molecule has 0 rings (SSSR count). The van der Waals surface area contributed by atoms with Crippen LogP contribution in [-0.4, -0.2) is 40.4 Å². The monoisotopic (exact) mass is 220 g/mol. The molecule has 1 atom stereocenters. The number of aldehydes is 1. The predicted molar refractivity (Wildman–Crippen MR) is 47.7 cm³/mol. The summed E-state index contributed by atoms with van der Waals surface area (Å²) in [6, 6.07) is -0.979. The molecular weight excluding hydrogens is 208 g/mol. The summed E-state index contributed by atoms with van der Waals surface area (Å²) in [7, 11) is 0. The Morgan fingerprint density at radius 2 is 1.67 bits per heavy atom. The molecule has 8 heteroatoms. The molecule has 0 bridgehead atoms. The minimum atomic E-state index is -1.43. The van der Waals surface area contributed by atoms with Gasteiger partial charge in [0.05, 0.1) is 0 Å². The molecule has 0 aromatic rings. The van der Waals surface area contributed by atoms with Crippen LogP contribution in [0, 0.1) is 0 Å². The minimum absolute atomic E-state index is 0.0213. The van der Waals surface area contributed by atoms with Gasteiger partial charge >= 0.3 is 11.9 Å². The lowest BCUT2D eigenvalue weighted by molar-refractivity contribution is -0.143. The second-order valence-electron chi connectivity index (χ2n) is 2.41. The molecule has 0 aliphatic rings. The van der Waals surface area contributed by atoms with E-state index in [1.54, 1.807) is 0 Å². The van der Waals surface area contributed by atoms with Gasteiger partial charge in [-0.15, -0.1) is 0 Å². The summed E-state index contributed by atoms with van der Waals surface area (Å²) < 4.78 is 0. The third-order valence-electron chi connectivity index (χ3n) is 1.12. The number of hydrogen-bond donors (Lipinski definition) is 4. The van der Waals surface area contributed by atoms with Crippen molar-refractivity contribution in [1.29, 1.82) is 0 Å². The average molecular weight is 220 g/mol. The molecule has 0 saturated carbocycles. The van der Waals surface area contributed by atoms with Crippen molar-refractivity contribution < 1.29 is 29.4 Å². The number of primary amides is 1. The van der Waals surface area contributed by atoms with Crippen molar-refractivity contribution in [2.24, 2.45) is 11.5 Å². The average Bonchev–Trinajstić information content (AvgIpc) is 2.14. The maximum Gasteiger partial charge on any atom is 0.368 e. The molecule has 1 amide bonds. The number of nitrogens with two attached hydrogens (primary N) is 2. The quantitative estimate of drug-likeness (QED) is 0.305. The number of carboxylic acid groups (broad SMARTS) is 2. The van der Waals surface area contributed by atoms with Gasteiger partial charge in [0.1, 0.15) is 6.04 Å². The van der Waals surface area contributed by atoms with Gasteiger partial charge in [-0.05, 0) is 6.42 Å². The van der Waals surface area contributed by atoms with Gasteiger partial charge in [0, 0.05) is 6.42 Å². The molecule has 0 radical (unpaired) electrons. The van der Waals surface area contributed by atoms with Crippen LogP contribution in [0.4, 0.5) is 0 Å². The zero-order valence-electron chi connectivity index (χ0n) is 7.75. The van der Waals surface area contributed by atoms with Crippen molar-refractivity contribution in [2.75, 3.05) is 0 Å². The van der Waals surface area contributed by atoms with Crippen LogP contribution in [0.2, 0.25) is 0 Å².